The third-order valence-electron chi connectivity index (χ3n) is 3.68. The van der Waals surface area contributed by atoms with Gasteiger partial charge in [0.15, 0.2) is 0 Å². The molecule has 2 heterocycles. The molecule has 1 aromatic carbocycles. The lowest BCUT2D eigenvalue weighted by Crippen LogP contribution is -2.46. The van der Waals surface area contributed by atoms with E-state index < -0.39 is 0 Å². The summed E-state index contributed by atoms with van der Waals surface area (Å²) in [7, 11) is 0. The van der Waals surface area contributed by atoms with Gasteiger partial charge in [-0.2, -0.15) is 0 Å². The first-order valence-corrected chi connectivity index (χ1v) is 7.10. The maximum Gasteiger partial charge on any atom is 0.251 e. The standard InChI is InChI=1S/C14H18N6O.ClH/c1-10-7-12(5-6-15-10)17-14(21)11-3-2-4-13(8-11)20-9-16-18-19-20;/h2-4,8-10,12,15H,5-7H2,1H3,(H,17,21);1H. The van der Waals surface area contributed by atoms with E-state index in [0.29, 0.717) is 11.6 Å². The first-order valence-electron chi connectivity index (χ1n) is 7.10. The quantitative estimate of drug-likeness (QED) is 0.879. The number of amides is 1. The molecule has 2 unspecified atom stereocenters. The Balaban J connectivity index is 0.00000176. The Morgan fingerprint density at radius 1 is 1.45 bits per heavy atom. The maximum atomic E-state index is 12.3. The second-order valence-corrected chi connectivity index (χ2v) is 5.35. The summed E-state index contributed by atoms with van der Waals surface area (Å²) in [6.45, 7) is 3.08. The summed E-state index contributed by atoms with van der Waals surface area (Å²) >= 11 is 0. The molecule has 1 saturated heterocycles. The van der Waals surface area contributed by atoms with E-state index in [-0.39, 0.29) is 24.4 Å². The number of rotatable bonds is 3. The molecule has 0 aliphatic carbocycles. The van der Waals surface area contributed by atoms with Gasteiger partial charge in [-0.3, -0.25) is 4.79 Å². The number of piperidine rings is 1. The molecule has 22 heavy (non-hydrogen) atoms. The van der Waals surface area contributed by atoms with Gasteiger partial charge in [-0.25, -0.2) is 4.68 Å². The lowest BCUT2D eigenvalue weighted by atomic mass is 10.0. The first-order chi connectivity index (χ1) is 10.2. The fraction of sp³-hybridized carbons (Fsp3) is 0.429. The number of tetrazole rings is 1. The van der Waals surface area contributed by atoms with Crippen LogP contribution in [0.2, 0.25) is 0 Å². The van der Waals surface area contributed by atoms with Gasteiger partial charge in [-0.15, -0.1) is 17.5 Å². The first kappa shape index (κ1) is 16.4. The lowest BCUT2D eigenvalue weighted by molar-refractivity contribution is 0.0925. The second kappa shape index (κ2) is 7.33. The molecule has 3 rings (SSSR count). The van der Waals surface area contributed by atoms with E-state index in [9.17, 15) is 4.79 Å². The molecule has 8 heteroatoms. The molecule has 1 aliphatic heterocycles. The molecule has 0 radical (unpaired) electrons. The zero-order valence-electron chi connectivity index (χ0n) is 12.3. The molecule has 0 saturated carbocycles. The summed E-state index contributed by atoms with van der Waals surface area (Å²) in [5, 5.41) is 17.5. The van der Waals surface area contributed by atoms with Crippen molar-refractivity contribution >= 4 is 18.3 Å². The predicted octanol–water partition coefficient (Wildman–Crippen LogP) is 0.954. The average Bonchev–Trinajstić information content (AvgIpc) is 3.02. The van der Waals surface area contributed by atoms with Crippen LogP contribution < -0.4 is 10.6 Å². The zero-order chi connectivity index (χ0) is 14.7. The lowest BCUT2D eigenvalue weighted by Gasteiger charge is -2.28. The molecule has 2 atom stereocenters. The molecule has 0 spiro atoms. The normalized spacial score (nSPS) is 21.0. The second-order valence-electron chi connectivity index (χ2n) is 5.35. The van der Waals surface area contributed by atoms with Gasteiger partial charge in [0.05, 0.1) is 5.69 Å². The number of nitrogens with zero attached hydrogens (tertiary/aromatic N) is 4. The van der Waals surface area contributed by atoms with Gasteiger partial charge >= 0.3 is 0 Å². The van der Waals surface area contributed by atoms with Gasteiger partial charge in [0, 0.05) is 17.6 Å². The van der Waals surface area contributed by atoms with Gasteiger partial charge < -0.3 is 10.6 Å². The van der Waals surface area contributed by atoms with E-state index in [2.05, 4.69) is 33.1 Å². The highest BCUT2D eigenvalue weighted by Crippen LogP contribution is 2.12. The van der Waals surface area contributed by atoms with Crippen LogP contribution in [0.5, 0.6) is 0 Å². The minimum absolute atomic E-state index is 0. The summed E-state index contributed by atoms with van der Waals surface area (Å²) in [6.07, 6.45) is 3.42. The smallest absolute Gasteiger partial charge is 0.251 e. The Labute approximate surface area is 134 Å². The van der Waals surface area contributed by atoms with Gasteiger partial charge in [0.25, 0.3) is 5.91 Å². The van der Waals surface area contributed by atoms with Crippen LogP contribution in [0.25, 0.3) is 5.69 Å². The Morgan fingerprint density at radius 3 is 3.05 bits per heavy atom. The van der Waals surface area contributed by atoms with Crippen molar-refractivity contribution in [1.29, 1.82) is 0 Å². The SMILES string of the molecule is CC1CC(NC(=O)c2cccc(-n3cnnn3)c2)CCN1.Cl. The van der Waals surface area contributed by atoms with Gasteiger partial charge in [-0.1, -0.05) is 6.07 Å². The van der Waals surface area contributed by atoms with Crippen LogP contribution in [0, 0.1) is 0 Å². The average molecular weight is 323 g/mol. The number of hydrogen-bond donors (Lipinski definition) is 2. The van der Waals surface area contributed by atoms with E-state index >= 15 is 0 Å². The van der Waals surface area contributed by atoms with E-state index in [1.54, 1.807) is 12.1 Å². The van der Waals surface area contributed by atoms with E-state index in [4.69, 9.17) is 0 Å². The molecule has 1 amide bonds. The van der Waals surface area contributed by atoms with Crippen molar-refractivity contribution in [3.05, 3.63) is 36.2 Å². The number of halogens is 1. The third kappa shape index (κ3) is 3.80. The van der Waals surface area contributed by atoms with E-state index in [0.717, 1.165) is 25.1 Å². The van der Waals surface area contributed by atoms with Crippen LogP contribution in [-0.2, 0) is 0 Å². The maximum absolute atomic E-state index is 12.3. The number of benzene rings is 1. The number of aromatic nitrogens is 4. The molecular formula is C14H19ClN6O. The number of carbonyl (C=O) groups excluding carboxylic acids is 1. The van der Waals surface area contributed by atoms with Crippen molar-refractivity contribution < 1.29 is 4.79 Å². The zero-order valence-corrected chi connectivity index (χ0v) is 13.1. The third-order valence-corrected chi connectivity index (χ3v) is 3.68. The molecule has 1 aliphatic rings. The van der Waals surface area contributed by atoms with Gasteiger partial charge in [0.2, 0.25) is 0 Å². The topological polar surface area (TPSA) is 84.7 Å². The van der Waals surface area contributed by atoms with E-state index in [1.165, 1.54) is 11.0 Å². The highest BCUT2D eigenvalue weighted by atomic mass is 35.5. The fourth-order valence-electron chi connectivity index (χ4n) is 2.60. The molecule has 0 bridgehead atoms. The summed E-state index contributed by atoms with van der Waals surface area (Å²) in [5.74, 6) is -0.0518. The van der Waals surface area contributed by atoms with Crippen molar-refractivity contribution in [3.8, 4) is 5.69 Å². The molecule has 118 valence electrons. The van der Waals surface area contributed by atoms with Crippen molar-refractivity contribution in [2.24, 2.45) is 0 Å². The Kier molecular flexibility index (Phi) is 5.46. The number of hydrogen-bond acceptors (Lipinski definition) is 5. The van der Waals surface area contributed by atoms with Crippen molar-refractivity contribution in [2.75, 3.05) is 6.54 Å². The predicted molar refractivity (Wildman–Crippen MR) is 84.4 cm³/mol. The molecule has 2 aromatic rings. The van der Waals surface area contributed by atoms with Gasteiger partial charge in [-0.05, 0) is 54.9 Å². The monoisotopic (exact) mass is 322 g/mol. The van der Waals surface area contributed by atoms with E-state index in [1.807, 2.05) is 12.1 Å². The molecular weight excluding hydrogens is 304 g/mol. The van der Waals surface area contributed by atoms with Crippen LogP contribution in [-0.4, -0.2) is 44.7 Å². The summed E-state index contributed by atoms with van der Waals surface area (Å²) in [5.41, 5.74) is 1.39. The highest BCUT2D eigenvalue weighted by molar-refractivity contribution is 5.94. The molecule has 1 fully saturated rings. The summed E-state index contributed by atoms with van der Waals surface area (Å²) in [4.78, 5) is 12.3. The van der Waals surface area contributed by atoms with Crippen LogP contribution in [0.15, 0.2) is 30.6 Å². The van der Waals surface area contributed by atoms with Crippen LogP contribution in [0.4, 0.5) is 0 Å². The van der Waals surface area contributed by atoms with Crippen LogP contribution >= 0.6 is 12.4 Å². The molecule has 1 aromatic heterocycles. The highest BCUT2D eigenvalue weighted by Gasteiger charge is 2.20. The number of nitrogens with one attached hydrogen (secondary N) is 2. The van der Waals surface area contributed by atoms with Crippen molar-refractivity contribution in [3.63, 3.8) is 0 Å². The minimum Gasteiger partial charge on any atom is -0.349 e. The van der Waals surface area contributed by atoms with Crippen molar-refractivity contribution in [2.45, 2.75) is 31.8 Å². The minimum atomic E-state index is -0.0518. The van der Waals surface area contributed by atoms with Gasteiger partial charge in [0.1, 0.15) is 6.33 Å². The fourth-order valence-corrected chi connectivity index (χ4v) is 2.60. The Hall–Kier alpha value is -1.99. The number of carbonyl (C=O) groups is 1. The Bertz CT molecular complexity index is 618. The largest absolute Gasteiger partial charge is 0.349 e. The van der Waals surface area contributed by atoms with Crippen molar-refractivity contribution in [1.82, 2.24) is 30.8 Å². The van der Waals surface area contributed by atoms with Crippen LogP contribution in [0.1, 0.15) is 30.1 Å². The molecule has 7 nitrogen and oxygen atoms in total. The van der Waals surface area contributed by atoms with Crippen LogP contribution in [0.3, 0.4) is 0 Å². The Morgan fingerprint density at radius 2 is 2.32 bits per heavy atom. The molecule has 2 N–H and O–H groups in total. The summed E-state index contributed by atoms with van der Waals surface area (Å²) in [6, 6.07) is 7.95. The summed E-state index contributed by atoms with van der Waals surface area (Å²) < 4.78 is 1.53.